The van der Waals surface area contributed by atoms with E-state index in [1.54, 1.807) is 10.4 Å². The highest BCUT2D eigenvalue weighted by atomic mass is 28.3. The Morgan fingerprint density at radius 2 is 1.85 bits per heavy atom. The highest BCUT2D eigenvalue weighted by Gasteiger charge is 2.37. The van der Waals surface area contributed by atoms with E-state index in [-0.39, 0.29) is 5.41 Å². The monoisotopic (exact) mass is 398 g/mol. The van der Waals surface area contributed by atoms with Gasteiger partial charge in [0.2, 0.25) is 0 Å². The predicted octanol–water partition coefficient (Wildman–Crippen LogP) is 5.28. The molecule has 1 aliphatic carbocycles. The molecule has 27 heavy (non-hydrogen) atoms. The maximum absolute atomic E-state index is 6.47. The van der Waals surface area contributed by atoms with Crippen LogP contribution in [0.1, 0.15) is 45.2 Å². The second-order valence-electron chi connectivity index (χ2n) is 9.76. The molecule has 0 spiro atoms. The van der Waals surface area contributed by atoms with Crippen molar-refractivity contribution in [2.75, 3.05) is 6.61 Å². The largest absolute Gasteiger partial charge is 0.489 e. The molecule has 0 saturated heterocycles. The number of rotatable bonds is 6. The van der Waals surface area contributed by atoms with Crippen LogP contribution in [-0.4, -0.2) is 23.5 Å². The molecule has 0 aliphatic heterocycles. The molecule has 1 aromatic carbocycles. The van der Waals surface area contributed by atoms with Gasteiger partial charge in [-0.1, -0.05) is 99.4 Å². The number of aryl methyl sites for hydroxylation is 1. The van der Waals surface area contributed by atoms with Gasteiger partial charge in [0.05, 0.1) is 8.80 Å². The Morgan fingerprint density at radius 3 is 2.30 bits per heavy atom. The molecule has 2 rings (SSSR count). The maximum Gasteiger partial charge on any atom is 0.123 e. The Kier molecular flexibility index (Phi) is 6.48. The molecule has 3 heteroatoms. The fourth-order valence-corrected chi connectivity index (χ4v) is 10.1. The molecule has 0 saturated carbocycles. The van der Waals surface area contributed by atoms with Crippen molar-refractivity contribution in [3.63, 3.8) is 0 Å². The van der Waals surface area contributed by atoms with Crippen LogP contribution in [0, 0.1) is 6.92 Å². The highest BCUT2D eigenvalue weighted by molar-refractivity contribution is 6.96. The minimum absolute atomic E-state index is 0.0612. The van der Waals surface area contributed by atoms with E-state index in [9.17, 15) is 0 Å². The molecule has 0 fully saturated rings. The van der Waals surface area contributed by atoms with Gasteiger partial charge in [-0.05, 0) is 36.4 Å². The predicted molar refractivity (Wildman–Crippen MR) is 128 cm³/mol. The van der Waals surface area contributed by atoms with Crippen LogP contribution in [0.4, 0.5) is 0 Å². The summed E-state index contributed by atoms with van der Waals surface area (Å²) in [5, 5.41) is 4.69. The molecule has 1 aliphatic rings. The summed E-state index contributed by atoms with van der Waals surface area (Å²) >= 11 is 0. The van der Waals surface area contributed by atoms with E-state index < -0.39 is 16.9 Å². The average Bonchev–Trinajstić information content (AvgIpc) is 2.98. The number of hydrogen-bond acceptors (Lipinski definition) is 1. The van der Waals surface area contributed by atoms with Gasteiger partial charge in [-0.2, -0.15) is 0 Å². The molecule has 0 bridgehead atoms. The van der Waals surface area contributed by atoms with Gasteiger partial charge < -0.3 is 4.74 Å². The van der Waals surface area contributed by atoms with Crippen molar-refractivity contribution in [3.05, 3.63) is 52.8 Å². The summed E-state index contributed by atoms with van der Waals surface area (Å²) in [6.07, 6.45) is 7.58. The zero-order chi connectivity index (χ0) is 20.6. The molecule has 0 N–H and O–H groups in total. The summed E-state index contributed by atoms with van der Waals surface area (Å²) in [6, 6.07) is 2.47. The lowest BCUT2D eigenvalue weighted by Gasteiger charge is -2.35. The van der Waals surface area contributed by atoms with E-state index in [0.717, 1.165) is 12.2 Å². The first-order valence-electron chi connectivity index (χ1n) is 10.2. The Balaban J connectivity index is 2.87. The van der Waals surface area contributed by atoms with Gasteiger partial charge in [-0.25, -0.2) is 0 Å². The maximum atomic E-state index is 6.47. The second kappa shape index (κ2) is 7.96. The SMILES string of the molecule is C=CCOc1c([Si](C)(C)C2=C(C)C=CC2)cc(C)c([SiH](C)C)c1C(C)(C)C. The number of benzene rings is 1. The van der Waals surface area contributed by atoms with Crippen molar-refractivity contribution >= 4 is 27.2 Å². The topological polar surface area (TPSA) is 9.23 Å². The van der Waals surface area contributed by atoms with Crippen LogP contribution in [0.3, 0.4) is 0 Å². The third-order valence-electron chi connectivity index (χ3n) is 5.79. The molecule has 148 valence electrons. The van der Waals surface area contributed by atoms with Crippen molar-refractivity contribution in [1.82, 2.24) is 0 Å². The molecular formula is C24H38OSi2. The first-order chi connectivity index (χ1) is 12.4. The lowest BCUT2D eigenvalue weighted by molar-refractivity contribution is 0.354. The van der Waals surface area contributed by atoms with E-state index in [2.05, 4.69) is 85.6 Å². The summed E-state index contributed by atoms with van der Waals surface area (Å²) < 4.78 is 6.47. The lowest BCUT2D eigenvalue weighted by atomic mass is 9.85. The van der Waals surface area contributed by atoms with Gasteiger partial charge in [-0.3, -0.25) is 0 Å². The molecule has 0 aromatic heterocycles. The van der Waals surface area contributed by atoms with Crippen LogP contribution in [0.15, 0.2) is 41.6 Å². The zero-order valence-corrected chi connectivity index (χ0v) is 21.1. The lowest BCUT2D eigenvalue weighted by Crippen LogP contribution is -2.48. The summed E-state index contributed by atoms with van der Waals surface area (Å²) in [7, 11) is -2.83. The van der Waals surface area contributed by atoms with Crippen LogP contribution in [0.5, 0.6) is 5.75 Å². The number of allylic oxidation sites excluding steroid dienone is 4. The van der Waals surface area contributed by atoms with Crippen molar-refractivity contribution < 1.29 is 4.74 Å². The van der Waals surface area contributed by atoms with Crippen LogP contribution < -0.4 is 15.1 Å². The fourth-order valence-electron chi connectivity index (χ4n) is 4.58. The molecule has 0 unspecified atom stereocenters. The third-order valence-corrected chi connectivity index (χ3v) is 11.5. The summed E-state index contributed by atoms with van der Waals surface area (Å²) in [5.41, 5.74) is 4.43. The summed E-state index contributed by atoms with van der Waals surface area (Å²) in [4.78, 5) is 0. The normalized spacial score (nSPS) is 15.0. The fraction of sp³-hybridized carbons (Fsp3) is 0.500. The molecule has 0 amide bonds. The van der Waals surface area contributed by atoms with Crippen LogP contribution in [-0.2, 0) is 5.41 Å². The average molecular weight is 399 g/mol. The minimum Gasteiger partial charge on any atom is -0.489 e. The summed E-state index contributed by atoms with van der Waals surface area (Å²) in [6.45, 7) is 25.9. The first kappa shape index (κ1) is 22.0. The second-order valence-corrected chi connectivity index (χ2v) is 17.0. The third kappa shape index (κ3) is 4.24. The Labute approximate surface area is 169 Å². The molecule has 0 heterocycles. The standard InChI is InChI=1S/C24H38OSi2/c1-11-15-25-22-20(27(9,10)19-14-12-13-17(19)2)16-18(3)23(26(7)8)21(22)24(4,5)6/h11-13,16,26H,1,14-15H2,2-10H3. The Morgan fingerprint density at radius 1 is 1.22 bits per heavy atom. The molecule has 1 nitrogen and oxygen atoms in total. The number of ether oxygens (including phenoxy) is 1. The smallest absolute Gasteiger partial charge is 0.123 e. The first-order valence-corrected chi connectivity index (χ1v) is 16.1. The van der Waals surface area contributed by atoms with Crippen LogP contribution in [0.25, 0.3) is 0 Å². The molecular weight excluding hydrogens is 360 g/mol. The van der Waals surface area contributed by atoms with Gasteiger partial charge in [0.25, 0.3) is 0 Å². The van der Waals surface area contributed by atoms with Gasteiger partial charge in [0.1, 0.15) is 20.4 Å². The van der Waals surface area contributed by atoms with E-state index in [1.807, 2.05) is 6.08 Å². The van der Waals surface area contributed by atoms with Crippen LogP contribution in [0.2, 0.25) is 26.2 Å². The zero-order valence-electron chi connectivity index (χ0n) is 18.9. The number of hydrogen-bond donors (Lipinski definition) is 0. The van der Waals surface area contributed by atoms with Crippen molar-refractivity contribution in [1.29, 1.82) is 0 Å². The van der Waals surface area contributed by atoms with Gasteiger partial charge >= 0.3 is 0 Å². The molecule has 0 atom stereocenters. The van der Waals surface area contributed by atoms with Crippen molar-refractivity contribution in [3.8, 4) is 5.75 Å². The minimum atomic E-state index is -1.83. The summed E-state index contributed by atoms with van der Waals surface area (Å²) in [5.74, 6) is 1.16. The quantitative estimate of drug-likeness (QED) is 0.468. The molecule has 1 aromatic rings. The van der Waals surface area contributed by atoms with E-state index in [1.165, 1.54) is 21.9 Å². The van der Waals surface area contributed by atoms with E-state index in [4.69, 9.17) is 4.74 Å². The van der Waals surface area contributed by atoms with Crippen molar-refractivity contribution in [2.24, 2.45) is 0 Å². The van der Waals surface area contributed by atoms with E-state index in [0.29, 0.717) is 6.61 Å². The van der Waals surface area contributed by atoms with E-state index >= 15 is 0 Å². The Hall–Kier alpha value is -1.33. The van der Waals surface area contributed by atoms with Gasteiger partial charge in [0.15, 0.2) is 0 Å². The van der Waals surface area contributed by atoms with Gasteiger partial charge in [0, 0.05) is 0 Å². The van der Waals surface area contributed by atoms with Crippen LogP contribution >= 0.6 is 0 Å². The highest BCUT2D eigenvalue weighted by Crippen LogP contribution is 2.35. The Bertz CT molecular complexity index is 790. The van der Waals surface area contributed by atoms with Crippen molar-refractivity contribution in [2.45, 2.75) is 72.6 Å². The van der Waals surface area contributed by atoms with Gasteiger partial charge in [-0.15, -0.1) is 0 Å². The molecule has 0 radical (unpaired) electrons.